The van der Waals surface area contributed by atoms with E-state index in [4.69, 9.17) is 27.5 Å². The molecule has 0 aromatic heterocycles. The highest BCUT2D eigenvalue weighted by Gasteiger charge is 2.24. The Hall–Kier alpha value is -0.290. The Bertz CT molecular complexity index is 243. The summed E-state index contributed by atoms with van der Waals surface area (Å²) in [6, 6.07) is -1.66. The van der Waals surface area contributed by atoms with E-state index in [-0.39, 0.29) is 6.54 Å². The largest absolute Gasteiger partial charge is 0.398 e. The van der Waals surface area contributed by atoms with Gasteiger partial charge in [-0.1, -0.05) is 0 Å². The number of hydrogen-bond donors (Lipinski definition) is 5. The van der Waals surface area contributed by atoms with E-state index in [0.29, 0.717) is 0 Å². The van der Waals surface area contributed by atoms with Crippen LogP contribution in [-0.2, 0) is 14.6 Å². The van der Waals surface area contributed by atoms with Crippen LogP contribution < -0.4 is 22.9 Å². The average molecular weight is 214 g/mol. The van der Waals surface area contributed by atoms with Crippen LogP contribution in [0.1, 0.15) is 0 Å². The molecule has 9 heteroatoms. The predicted octanol–water partition coefficient (Wildman–Crippen LogP) is -3.30. The van der Waals surface area contributed by atoms with Crippen molar-refractivity contribution in [2.24, 2.45) is 22.9 Å². The Labute approximate surface area is 76.1 Å². The van der Waals surface area contributed by atoms with E-state index in [1.165, 1.54) is 0 Å². The molecule has 0 amide bonds. The summed E-state index contributed by atoms with van der Waals surface area (Å²) in [4.78, 5) is 0. The third-order valence-corrected chi connectivity index (χ3v) is 1.84. The molecule has 0 aromatic carbocycles. The van der Waals surface area contributed by atoms with Gasteiger partial charge in [-0.15, -0.1) is 0 Å². The van der Waals surface area contributed by atoms with Crippen LogP contribution in [-0.4, -0.2) is 37.8 Å². The van der Waals surface area contributed by atoms with E-state index in [2.05, 4.69) is 4.18 Å². The number of hydrogen-bond acceptors (Lipinski definition) is 7. The van der Waals surface area contributed by atoms with Crippen molar-refractivity contribution in [1.82, 2.24) is 0 Å². The summed E-state index contributed by atoms with van der Waals surface area (Å²) in [5.41, 5.74) is 21.0. The van der Waals surface area contributed by atoms with Crippen LogP contribution in [0.25, 0.3) is 0 Å². The van der Waals surface area contributed by atoms with Crippen molar-refractivity contribution in [3.05, 3.63) is 0 Å². The molecule has 0 fully saturated rings. The highest BCUT2D eigenvalue weighted by atomic mass is 32.3. The first-order chi connectivity index (χ1) is 5.78. The Morgan fingerprint density at radius 3 is 2.08 bits per heavy atom. The standard InChI is InChI=1S/C4H14N4O4S/c5-1-2(6)3(7)4(8)12-13(9,10)11/h2-4H,1,5-8H2,(H,9,10,11). The van der Waals surface area contributed by atoms with Crippen LogP contribution in [0.3, 0.4) is 0 Å². The second-order valence-electron chi connectivity index (χ2n) is 2.47. The van der Waals surface area contributed by atoms with Crippen LogP contribution in [0.15, 0.2) is 0 Å². The molecule has 3 unspecified atom stereocenters. The first-order valence-electron chi connectivity index (χ1n) is 3.40. The third kappa shape index (κ3) is 5.10. The summed E-state index contributed by atoms with van der Waals surface area (Å²) in [7, 11) is -4.61. The molecular formula is C4H14N4O4S. The molecule has 0 saturated carbocycles. The molecule has 0 heterocycles. The van der Waals surface area contributed by atoms with E-state index in [1.807, 2.05) is 0 Å². The monoisotopic (exact) mass is 214 g/mol. The Morgan fingerprint density at radius 2 is 1.77 bits per heavy atom. The van der Waals surface area contributed by atoms with E-state index in [9.17, 15) is 8.42 Å². The molecule has 0 bridgehead atoms. The number of nitrogens with two attached hydrogens (primary N) is 4. The van der Waals surface area contributed by atoms with Gasteiger partial charge >= 0.3 is 10.4 Å². The first-order valence-corrected chi connectivity index (χ1v) is 4.77. The molecule has 0 aliphatic heterocycles. The summed E-state index contributed by atoms with van der Waals surface area (Å²) in [6.45, 7) is 0.0315. The topological polar surface area (TPSA) is 168 Å². The van der Waals surface area contributed by atoms with Gasteiger partial charge in [0.2, 0.25) is 0 Å². The van der Waals surface area contributed by atoms with Crippen LogP contribution >= 0.6 is 0 Å². The van der Waals surface area contributed by atoms with Crippen molar-refractivity contribution in [1.29, 1.82) is 0 Å². The molecule has 3 atom stereocenters. The fourth-order valence-electron chi connectivity index (χ4n) is 0.605. The van der Waals surface area contributed by atoms with E-state index >= 15 is 0 Å². The molecule has 0 saturated heterocycles. The van der Waals surface area contributed by atoms with Gasteiger partial charge < -0.3 is 22.9 Å². The van der Waals surface area contributed by atoms with Crippen molar-refractivity contribution >= 4 is 10.4 Å². The Balaban J connectivity index is 4.19. The summed E-state index contributed by atoms with van der Waals surface area (Å²) in [5.74, 6) is 0. The molecule has 0 aromatic rings. The zero-order valence-corrected chi connectivity index (χ0v) is 7.65. The van der Waals surface area contributed by atoms with E-state index < -0.39 is 28.7 Å². The molecule has 0 spiro atoms. The summed E-state index contributed by atoms with van der Waals surface area (Å²) < 4.78 is 32.6. The predicted molar refractivity (Wildman–Crippen MR) is 45.6 cm³/mol. The van der Waals surface area contributed by atoms with Gasteiger partial charge in [0.1, 0.15) is 6.23 Å². The molecule has 80 valence electrons. The highest BCUT2D eigenvalue weighted by Crippen LogP contribution is 1.97. The molecular weight excluding hydrogens is 200 g/mol. The maximum Gasteiger partial charge on any atom is 0.398 e. The SMILES string of the molecule is NCC(N)C(N)C(N)OS(=O)(=O)O. The lowest BCUT2D eigenvalue weighted by Crippen LogP contribution is -2.57. The second kappa shape index (κ2) is 4.81. The lowest BCUT2D eigenvalue weighted by atomic mass is 10.1. The maximum atomic E-state index is 10.2. The van der Waals surface area contributed by atoms with Crippen molar-refractivity contribution in [3.63, 3.8) is 0 Å². The lowest BCUT2D eigenvalue weighted by molar-refractivity contribution is 0.151. The summed E-state index contributed by atoms with van der Waals surface area (Å²) >= 11 is 0. The maximum absolute atomic E-state index is 10.2. The first kappa shape index (κ1) is 12.7. The second-order valence-corrected chi connectivity index (χ2v) is 3.51. The highest BCUT2D eigenvalue weighted by molar-refractivity contribution is 7.80. The van der Waals surface area contributed by atoms with Gasteiger partial charge in [-0.2, -0.15) is 8.42 Å². The average Bonchev–Trinajstić information content (AvgIpc) is 1.98. The molecule has 0 aliphatic rings. The minimum absolute atomic E-state index is 0.0315. The quantitative estimate of drug-likeness (QED) is 0.234. The Morgan fingerprint density at radius 1 is 1.31 bits per heavy atom. The molecule has 0 rings (SSSR count). The van der Waals surface area contributed by atoms with Gasteiger partial charge in [0, 0.05) is 12.6 Å². The van der Waals surface area contributed by atoms with Gasteiger partial charge in [-0.05, 0) is 0 Å². The Kier molecular flexibility index (Phi) is 4.70. The van der Waals surface area contributed by atoms with Crippen LogP contribution in [0.4, 0.5) is 0 Å². The van der Waals surface area contributed by atoms with Crippen molar-refractivity contribution in [2.45, 2.75) is 18.3 Å². The minimum Gasteiger partial charge on any atom is -0.329 e. The smallest absolute Gasteiger partial charge is 0.329 e. The van der Waals surface area contributed by atoms with E-state index in [1.54, 1.807) is 0 Å². The minimum atomic E-state index is -4.61. The van der Waals surface area contributed by atoms with Gasteiger partial charge in [0.25, 0.3) is 0 Å². The lowest BCUT2D eigenvalue weighted by Gasteiger charge is -2.22. The van der Waals surface area contributed by atoms with Crippen molar-refractivity contribution in [3.8, 4) is 0 Å². The fraction of sp³-hybridized carbons (Fsp3) is 1.00. The summed E-state index contributed by atoms with van der Waals surface area (Å²) in [6.07, 6.45) is -1.41. The molecule has 13 heavy (non-hydrogen) atoms. The van der Waals surface area contributed by atoms with Gasteiger partial charge in [0.05, 0.1) is 6.04 Å². The van der Waals surface area contributed by atoms with Gasteiger partial charge in [-0.25, -0.2) is 4.18 Å². The van der Waals surface area contributed by atoms with E-state index in [0.717, 1.165) is 0 Å². The molecule has 8 nitrogen and oxygen atoms in total. The van der Waals surface area contributed by atoms with Gasteiger partial charge in [0.15, 0.2) is 0 Å². The normalized spacial score (nSPS) is 19.5. The zero-order valence-electron chi connectivity index (χ0n) is 6.83. The van der Waals surface area contributed by atoms with Crippen molar-refractivity contribution < 1.29 is 17.2 Å². The molecule has 9 N–H and O–H groups in total. The van der Waals surface area contributed by atoms with Crippen molar-refractivity contribution in [2.75, 3.05) is 6.54 Å². The van der Waals surface area contributed by atoms with Gasteiger partial charge in [-0.3, -0.25) is 4.55 Å². The van der Waals surface area contributed by atoms with Crippen LogP contribution in [0, 0.1) is 0 Å². The van der Waals surface area contributed by atoms with Crippen LogP contribution in [0.2, 0.25) is 0 Å². The molecule has 0 radical (unpaired) electrons. The number of rotatable bonds is 5. The fourth-order valence-corrected chi connectivity index (χ4v) is 1.01. The summed E-state index contributed by atoms with van der Waals surface area (Å²) in [5, 5.41) is 0. The van der Waals surface area contributed by atoms with Crippen LogP contribution in [0.5, 0.6) is 0 Å². The molecule has 0 aliphatic carbocycles. The zero-order chi connectivity index (χ0) is 10.6. The third-order valence-electron chi connectivity index (χ3n) is 1.38.